The molecule has 4 aromatic rings. The molecule has 11 nitrogen and oxygen atoms in total. The van der Waals surface area contributed by atoms with Crippen molar-refractivity contribution in [3.63, 3.8) is 0 Å². The van der Waals surface area contributed by atoms with Gasteiger partial charge in [-0.25, -0.2) is 23.1 Å². The zero-order chi connectivity index (χ0) is 28.8. The van der Waals surface area contributed by atoms with Crippen LogP contribution < -0.4 is 14.8 Å². The van der Waals surface area contributed by atoms with Crippen LogP contribution in [0.3, 0.4) is 0 Å². The van der Waals surface area contributed by atoms with Gasteiger partial charge in [0, 0.05) is 31.5 Å². The molecule has 0 unspecified atom stereocenters. The number of hydrogen-bond acceptors (Lipinski definition) is 9. The van der Waals surface area contributed by atoms with Gasteiger partial charge in [-0.2, -0.15) is 0 Å². The van der Waals surface area contributed by atoms with Crippen LogP contribution in [-0.2, 0) is 19.5 Å². The summed E-state index contributed by atoms with van der Waals surface area (Å²) in [4.78, 5) is 25.3. The molecule has 216 valence electrons. The number of hydrogen-bond donors (Lipinski definition) is 3. The lowest BCUT2D eigenvalue weighted by atomic mass is 10.0. The molecule has 2 aromatic heterocycles. The summed E-state index contributed by atoms with van der Waals surface area (Å²) >= 11 is 6.52. The molecule has 2 atom stereocenters. The molecule has 1 aliphatic rings. The number of ketones is 1. The molecule has 1 fully saturated rings. The van der Waals surface area contributed by atoms with Crippen molar-refractivity contribution in [3.05, 3.63) is 77.2 Å². The van der Waals surface area contributed by atoms with E-state index in [9.17, 15) is 13.2 Å². The van der Waals surface area contributed by atoms with Gasteiger partial charge in [-0.15, -0.1) is 0 Å². The molecule has 13 heteroatoms. The summed E-state index contributed by atoms with van der Waals surface area (Å²) in [6.07, 6.45) is 4.14. The molecule has 0 saturated carbocycles. The van der Waals surface area contributed by atoms with Crippen LogP contribution in [0.25, 0.3) is 11.0 Å². The molecular formula is C28H30ClN5O6S. The van der Waals surface area contributed by atoms with E-state index in [1.807, 2.05) is 30.3 Å². The van der Waals surface area contributed by atoms with Crippen molar-refractivity contribution in [2.45, 2.75) is 25.0 Å². The number of anilines is 1. The SMILES string of the molecule is COCCS(=O)(=O)NC[C@@H]1CC[C@@H](Nc2ncnc3[nH]cc(C(=O)c4ccc(Oc5ccccc5)cc4Cl)c23)CO1. The molecule has 41 heavy (non-hydrogen) atoms. The maximum atomic E-state index is 13.6. The number of aromatic amines is 1. The number of halogens is 1. The van der Waals surface area contributed by atoms with E-state index >= 15 is 0 Å². The van der Waals surface area contributed by atoms with E-state index in [1.165, 1.54) is 13.4 Å². The second-order valence-electron chi connectivity index (χ2n) is 9.57. The van der Waals surface area contributed by atoms with Crippen LogP contribution >= 0.6 is 11.6 Å². The summed E-state index contributed by atoms with van der Waals surface area (Å²) in [6.45, 7) is 0.672. The van der Waals surface area contributed by atoms with Gasteiger partial charge >= 0.3 is 0 Å². The monoisotopic (exact) mass is 599 g/mol. The van der Waals surface area contributed by atoms with Gasteiger partial charge in [-0.1, -0.05) is 29.8 Å². The molecule has 0 radical (unpaired) electrons. The Morgan fingerprint density at radius 3 is 2.68 bits per heavy atom. The predicted octanol–water partition coefficient (Wildman–Crippen LogP) is 4.16. The summed E-state index contributed by atoms with van der Waals surface area (Å²) in [7, 11) is -1.96. The Labute approximate surface area is 242 Å². The van der Waals surface area contributed by atoms with Crippen molar-refractivity contribution >= 4 is 44.3 Å². The van der Waals surface area contributed by atoms with Gasteiger partial charge in [-0.3, -0.25) is 4.79 Å². The van der Waals surface area contributed by atoms with Crippen molar-refractivity contribution in [3.8, 4) is 11.5 Å². The van der Waals surface area contributed by atoms with E-state index in [4.69, 9.17) is 25.8 Å². The molecule has 3 heterocycles. The highest BCUT2D eigenvalue weighted by Gasteiger charge is 2.26. The van der Waals surface area contributed by atoms with Crippen LogP contribution in [0.5, 0.6) is 11.5 Å². The Hall–Kier alpha value is -3.55. The standard InChI is InChI=1S/C28H30ClN5O6S/c1-38-11-12-41(36,37)33-14-21-8-7-18(16-39-21)34-28-25-23(15-30-27(25)31-17-32-28)26(35)22-10-9-20(13-24(22)29)40-19-5-3-2-4-6-19/h2-6,9-10,13,15,17-18,21,33H,7-8,11-12,14,16H2,1H3,(H2,30,31,32,34)/t18-,21+/m1/s1. The quantitative estimate of drug-likeness (QED) is 0.204. The third-order valence-corrected chi connectivity index (χ3v) is 8.30. The average Bonchev–Trinajstić information content (AvgIpc) is 3.42. The van der Waals surface area contributed by atoms with E-state index in [0.29, 0.717) is 52.5 Å². The van der Waals surface area contributed by atoms with Crippen LogP contribution in [0.4, 0.5) is 5.82 Å². The second kappa shape index (κ2) is 13.0. The van der Waals surface area contributed by atoms with Gasteiger partial charge in [0.1, 0.15) is 29.3 Å². The number of ether oxygens (including phenoxy) is 3. The molecule has 0 amide bonds. The molecule has 1 saturated heterocycles. The van der Waals surface area contributed by atoms with Crippen LogP contribution in [0.1, 0.15) is 28.8 Å². The van der Waals surface area contributed by atoms with Gasteiger partial charge in [-0.05, 0) is 37.1 Å². The zero-order valence-electron chi connectivity index (χ0n) is 22.3. The Balaban J connectivity index is 1.26. The number of H-pyrrole nitrogens is 1. The van der Waals surface area contributed by atoms with Gasteiger partial charge in [0.15, 0.2) is 5.78 Å². The molecular weight excluding hydrogens is 570 g/mol. The van der Waals surface area contributed by atoms with Crippen LogP contribution in [0.15, 0.2) is 61.1 Å². The minimum Gasteiger partial charge on any atom is -0.457 e. The number of nitrogens with zero attached hydrogens (tertiary/aromatic N) is 2. The molecule has 0 spiro atoms. The lowest BCUT2D eigenvalue weighted by molar-refractivity contribution is 0.0132. The number of carbonyl (C=O) groups excluding carboxylic acids is 1. The highest BCUT2D eigenvalue weighted by atomic mass is 35.5. The Bertz CT molecular complexity index is 1610. The Kier molecular flexibility index (Phi) is 9.15. The van der Waals surface area contributed by atoms with E-state index in [1.54, 1.807) is 24.4 Å². The maximum absolute atomic E-state index is 13.6. The largest absolute Gasteiger partial charge is 0.457 e. The van der Waals surface area contributed by atoms with E-state index < -0.39 is 10.0 Å². The number of aromatic nitrogens is 3. The maximum Gasteiger partial charge on any atom is 0.213 e. The number of benzene rings is 2. The van der Waals surface area contributed by atoms with E-state index in [0.717, 1.165) is 6.42 Å². The molecule has 0 aliphatic carbocycles. The summed E-state index contributed by atoms with van der Waals surface area (Å²) in [5.74, 6) is 1.28. The highest BCUT2D eigenvalue weighted by molar-refractivity contribution is 7.89. The lowest BCUT2D eigenvalue weighted by Crippen LogP contribution is -2.41. The fraction of sp³-hybridized carbons (Fsp3) is 0.321. The topological polar surface area (TPSA) is 145 Å². The Morgan fingerprint density at radius 1 is 1.12 bits per heavy atom. The lowest BCUT2D eigenvalue weighted by Gasteiger charge is -2.30. The van der Waals surface area contributed by atoms with Crippen molar-refractivity contribution < 1.29 is 27.4 Å². The first-order chi connectivity index (χ1) is 19.8. The molecule has 0 bridgehead atoms. The number of para-hydroxylation sites is 1. The highest BCUT2D eigenvalue weighted by Crippen LogP contribution is 2.32. The fourth-order valence-electron chi connectivity index (χ4n) is 4.52. The number of methoxy groups -OCH3 is 1. The van der Waals surface area contributed by atoms with Crippen molar-refractivity contribution in [2.75, 3.05) is 37.9 Å². The van der Waals surface area contributed by atoms with Gasteiger partial charge < -0.3 is 24.5 Å². The number of fused-ring (bicyclic) bond motifs is 1. The van der Waals surface area contributed by atoms with E-state index in [-0.39, 0.29) is 41.9 Å². The summed E-state index contributed by atoms with van der Waals surface area (Å²) < 4.78 is 43.2. The van der Waals surface area contributed by atoms with Gasteiger partial charge in [0.25, 0.3) is 0 Å². The second-order valence-corrected chi connectivity index (χ2v) is 11.9. The summed E-state index contributed by atoms with van der Waals surface area (Å²) in [5.41, 5.74) is 1.20. The first-order valence-electron chi connectivity index (χ1n) is 13.1. The molecule has 2 aromatic carbocycles. The number of sulfonamides is 1. The average molecular weight is 600 g/mol. The van der Waals surface area contributed by atoms with Crippen molar-refractivity contribution in [1.29, 1.82) is 0 Å². The molecule has 3 N–H and O–H groups in total. The van der Waals surface area contributed by atoms with Crippen molar-refractivity contribution in [1.82, 2.24) is 19.7 Å². The summed E-state index contributed by atoms with van der Waals surface area (Å²) in [6, 6.07) is 14.1. The van der Waals surface area contributed by atoms with Gasteiger partial charge in [0.2, 0.25) is 10.0 Å². The molecule has 5 rings (SSSR count). The first-order valence-corrected chi connectivity index (χ1v) is 15.1. The number of carbonyl (C=O) groups is 1. The van der Waals surface area contributed by atoms with Gasteiger partial charge in [0.05, 0.1) is 47.1 Å². The van der Waals surface area contributed by atoms with Crippen molar-refractivity contribution in [2.24, 2.45) is 0 Å². The van der Waals surface area contributed by atoms with Crippen LogP contribution in [0.2, 0.25) is 5.02 Å². The van der Waals surface area contributed by atoms with Crippen LogP contribution in [0, 0.1) is 0 Å². The zero-order valence-corrected chi connectivity index (χ0v) is 23.9. The summed E-state index contributed by atoms with van der Waals surface area (Å²) in [5, 5.41) is 4.18. The Morgan fingerprint density at radius 2 is 1.95 bits per heavy atom. The third kappa shape index (κ3) is 7.21. The van der Waals surface area contributed by atoms with E-state index in [2.05, 4.69) is 25.0 Å². The smallest absolute Gasteiger partial charge is 0.213 e. The first kappa shape index (κ1) is 29.0. The third-order valence-electron chi connectivity index (χ3n) is 6.68. The number of rotatable bonds is 12. The minimum absolute atomic E-state index is 0.0923. The molecule has 1 aliphatic heterocycles. The normalized spacial score (nSPS) is 17.4. The number of nitrogens with one attached hydrogen (secondary N) is 3. The predicted molar refractivity (Wildman–Crippen MR) is 155 cm³/mol. The van der Waals surface area contributed by atoms with Crippen LogP contribution in [-0.4, -0.2) is 73.9 Å². The fourth-order valence-corrected chi connectivity index (χ4v) is 5.75. The minimum atomic E-state index is -3.42.